The number of nitrogens with zero attached hydrogens (tertiary/aromatic N) is 2. The minimum absolute atomic E-state index is 0.570. The maximum absolute atomic E-state index is 6.26. The van der Waals surface area contributed by atoms with Gasteiger partial charge in [0.1, 0.15) is 0 Å². The summed E-state index contributed by atoms with van der Waals surface area (Å²) in [6, 6.07) is 8.58. The van der Waals surface area contributed by atoms with Gasteiger partial charge in [-0.25, -0.2) is 0 Å². The number of piperidine rings is 1. The Morgan fingerprint density at radius 3 is 3.05 bits per heavy atom. The number of hydrogen-bond donors (Lipinski definition) is 1. The van der Waals surface area contributed by atoms with Crippen molar-refractivity contribution in [3.05, 3.63) is 35.5 Å². The number of hydrogen-bond acceptors (Lipinski definition) is 3. The molecule has 2 aliphatic heterocycles. The maximum atomic E-state index is 6.26. The second-order valence-electron chi connectivity index (χ2n) is 5.88. The minimum atomic E-state index is 0.570. The molecule has 4 rings (SSSR count). The standard InChI is InChI=1S/C16H18ClN3/c17-13-3-4-15(16-12(13)2-1-7-18-16)19-14-6-9-20-8-5-11(14)10-20/h1-4,7,11,14,19H,5-6,8-10H2. The third-order valence-corrected chi connectivity index (χ3v) is 5.02. The highest BCUT2D eigenvalue weighted by Crippen LogP contribution is 2.33. The molecule has 0 amide bonds. The van der Waals surface area contributed by atoms with Crippen molar-refractivity contribution >= 4 is 28.2 Å². The number of aromatic nitrogens is 1. The van der Waals surface area contributed by atoms with E-state index in [9.17, 15) is 0 Å². The van der Waals surface area contributed by atoms with Gasteiger partial charge in [0.2, 0.25) is 0 Å². The predicted molar refractivity (Wildman–Crippen MR) is 83.3 cm³/mol. The molecule has 20 heavy (non-hydrogen) atoms. The van der Waals surface area contributed by atoms with Crippen molar-refractivity contribution < 1.29 is 0 Å². The first-order valence-corrected chi connectivity index (χ1v) is 7.71. The van der Waals surface area contributed by atoms with Crippen molar-refractivity contribution in [1.29, 1.82) is 0 Å². The highest BCUT2D eigenvalue weighted by molar-refractivity contribution is 6.35. The number of fused-ring (bicyclic) bond motifs is 3. The van der Waals surface area contributed by atoms with E-state index in [2.05, 4.69) is 21.3 Å². The SMILES string of the molecule is Clc1ccc(NC2CCN3CCC2C3)c2ncccc12. The molecular weight excluding hydrogens is 270 g/mol. The van der Waals surface area contributed by atoms with Crippen molar-refractivity contribution in [2.24, 2.45) is 5.92 Å². The van der Waals surface area contributed by atoms with E-state index in [4.69, 9.17) is 11.6 Å². The average molecular weight is 288 g/mol. The molecule has 2 bridgehead atoms. The number of nitrogens with one attached hydrogen (secondary N) is 1. The lowest BCUT2D eigenvalue weighted by Crippen LogP contribution is -2.39. The van der Waals surface area contributed by atoms with Crippen molar-refractivity contribution in [1.82, 2.24) is 9.88 Å². The summed E-state index contributed by atoms with van der Waals surface area (Å²) < 4.78 is 0. The molecule has 0 spiro atoms. The molecule has 0 radical (unpaired) electrons. The van der Waals surface area contributed by atoms with Crippen LogP contribution in [0.3, 0.4) is 0 Å². The fourth-order valence-electron chi connectivity index (χ4n) is 3.60. The van der Waals surface area contributed by atoms with Crippen molar-refractivity contribution in [2.45, 2.75) is 18.9 Å². The molecule has 0 aliphatic carbocycles. The van der Waals surface area contributed by atoms with E-state index in [1.54, 1.807) is 0 Å². The van der Waals surface area contributed by atoms with E-state index in [1.165, 1.54) is 32.5 Å². The largest absolute Gasteiger partial charge is 0.380 e. The molecule has 2 aliphatic rings. The lowest BCUT2D eigenvalue weighted by Gasteiger charge is -2.31. The summed E-state index contributed by atoms with van der Waals surface area (Å²) in [5.74, 6) is 0.776. The van der Waals surface area contributed by atoms with Crippen LogP contribution in [0.15, 0.2) is 30.5 Å². The summed E-state index contributed by atoms with van der Waals surface area (Å²) in [6.07, 6.45) is 4.38. The molecule has 2 saturated heterocycles. The number of anilines is 1. The van der Waals surface area contributed by atoms with Gasteiger partial charge >= 0.3 is 0 Å². The highest BCUT2D eigenvalue weighted by atomic mass is 35.5. The van der Waals surface area contributed by atoms with Crippen molar-refractivity contribution in [3.63, 3.8) is 0 Å². The van der Waals surface area contributed by atoms with E-state index in [0.717, 1.165) is 27.5 Å². The van der Waals surface area contributed by atoms with E-state index in [-0.39, 0.29) is 0 Å². The van der Waals surface area contributed by atoms with Crippen LogP contribution >= 0.6 is 11.6 Å². The summed E-state index contributed by atoms with van der Waals surface area (Å²) in [5, 5.41) is 5.53. The van der Waals surface area contributed by atoms with E-state index in [0.29, 0.717) is 6.04 Å². The Bertz CT molecular complexity index is 643. The Labute approximate surface area is 123 Å². The maximum Gasteiger partial charge on any atom is 0.0948 e. The van der Waals surface area contributed by atoms with Crippen LogP contribution in [-0.4, -0.2) is 35.6 Å². The Morgan fingerprint density at radius 1 is 1.20 bits per heavy atom. The smallest absolute Gasteiger partial charge is 0.0948 e. The van der Waals surface area contributed by atoms with Crippen LogP contribution in [-0.2, 0) is 0 Å². The van der Waals surface area contributed by atoms with E-state index in [1.807, 2.05) is 24.4 Å². The van der Waals surface area contributed by atoms with E-state index >= 15 is 0 Å². The molecule has 2 fully saturated rings. The van der Waals surface area contributed by atoms with Crippen LogP contribution in [0.5, 0.6) is 0 Å². The predicted octanol–water partition coefficient (Wildman–Crippen LogP) is 3.39. The molecule has 3 nitrogen and oxygen atoms in total. The second kappa shape index (κ2) is 4.90. The van der Waals surface area contributed by atoms with Crippen molar-refractivity contribution in [2.75, 3.05) is 25.0 Å². The van der Waals surface area contributed by atoms with Gasteiger partial charge in [0.15, 0.2) is 0 Å². The Balaban J connectivity index is 1.67. The molecule has 3 heterocycles. The Hall–Kier alpha value is -1.32. The van der Waals surface area contributed by atoms with Crippen LogP contribution in [0, 0.1) is 5.92 Å². The monoisotopic (exact) mass is 287 g/mol. The Morgan fingerprint density at radius 2 is 2.10 bits per heavy atom. The number of benzene rings is 1. The van der Waals surface area contributed by atoms with Crippen molar-refractivity contribution in [3.8, 4) is 0 Å². The van der Waals surface area contributed by atoms with Gasteiger partial charge in [0, 0.05) is 30.7 Å². The topological polar surface area (TPSA) is 28.2 Å². The zero-order chi connectivity index (χ0) is 13.5. The van der Waals surface area contributed by atoms with Gasteiger partial charge in [-0.1, -0.05) is 11.6 Å². The van der Waals surface area contributed by atoms with Gasteiger partial charge in [0.05, 0.1) is 16.2 Å². The van der Waals surface area contributed by atoms with Gasteiger partial charge in [0.25, 0.3) is 0 Å². The number of halogens is 1. The molecule has 104 valence electrons. The van der Waals surface area contributed by atoms with Gasteiger partial charge in [-0.05, 0) is 49.6 Å². The van der Waals surface area contributed by atoms with Gasteiger partial charge < -0.3 is 10.2 Å². The molecule has 3 unspecified atom stereocenters. The molecule has 1 aromatic carbocycles. The summed E-state index contributed by atoms with van der Waals surface area (Å²) >= 11 is 6.26. The van der Waals surface area contributed by atoms with Gasteiger partial charge in [-0.2, -0.15) is 0 Å². The van der Waals surface area contributed by atoms with Crippen LogP contribution in [0.25, 0.3) is 10.9 Å². The molecule has 0 saturated carbocycles. The van der Waals surface area contributed by atoms with Crippen LogP contribution in [0.1, 0.15) is 12.8 Å². The summed E-state index contributed by atoms with van der Waals surface area (Å²) in [6.45, 7) is 3.73. The zero-order valence-corrected chi connectivity index (χ0v) is 12.1. The molecule has 2 aromatic rings. The first kappa shape index (κ1) is 12.4. The molecule has 1 N–H and O–H groups in total. The molecular formula is C16H18ClN3. The van der Waals surface area contributed by atoms with Crippen LogP contribution in [0.2, 0.25) is 5.02 Å². The molecule has 4 heteroatoms. The quantitative estimate of drug-likeness (QED) is 0.918. The summed E-state index contributed by atoms with van der Waals surface area (Å²) in [4.78, 5) is 7.08. The lowest BCUT2D eigenvalue weighted by atomic mass is 9.94. The molecule has 3 atom stereocenters. The summed E-state index contributed by atoms with van der Waals surface area (Å²) in [7, 11) is 0. The number of pyridine rings is 1. The van der Waals surface area contributed by atoms with E-state index < -0.39 is 0 Å². The fourth-order valence-corrected chi connectivity index (χ4v) is 3.81. The molecule has 1 aromatic heterocycles. The first-order valence-electron chi connectivity index (χ1n) is 7.33. The van der Waals surface area contributed by atoms with Crippen LogP contribution < -0.4 is 5.32 Å². The minimum Gasteiger partial charge on any atom is -0.380 e. The average Bonchev–Trinajstić information content (AvgIpc) is 2.87. The second-order valence-corrected chi connectivity index (χ2v) is 6.29. The fraction of sp³-hybridized carbons (Fsp3) is 0.438. The zero-order valence-electron chi connectivity index (χ0n) is 11.3. The van der Waals surface area contributed by atoms with Crippen LogP contribution in [0.4, 0.5) is 5.69 Å². The summed E-state index contributed by atoms with van der Waals surface area (Å²) in [5.41, 5.74) is 2.11. The Kier molecular flexibility index (Phi) is 3.04. The lowest BCUT2D eigenvalue weighted by molar-refractivity contribution is 0.255. The van der Waals surface area contributed by atoms with Gasteiger partial charge in [-0.3, -0.25) is 4.98 Å². The third kappa shape index (κ3) is 2.05. The van der Waals surface area contributed by atoms with Gasteiger partial charge in [-0.15, -0.1) is 0 Å². The highest BCUT2D eigenvalue weighted by Gasteiger charge is 2.34. The first-order chi connectivity index (χ1) is 9.81. The number of rotatable bonds is 2. The third-order valence-electron chi connectivity index (χ3n) is 4.69. The normalized spacial score (nSPS) is 28.8.